The Morgan fingerprint density at radius 2 is 1.96 bits per heavy atom. The molecule has 0 saturated carbocycles. The van der Waals surface area contributed by atoms with Crippen molar-refractivity contribution in [2.24, 2.45) is 0 Å². The number of carbonyl (C=O) groups excluding carboxylic acids is 1. The van der Waals surface area contributed by atoms with Gasteiger partial charge in [-0.2, -0.15) is 0 Å². The molecule has 0 aliphatic carbocycles. The Morgan fingerprint density at radius 3 is 2.67 bits per heavy atom. The van der Waals surface area contributed by atoms with E-state index in [1.54, 1.807) is 7.11 Å². The molecule has 0 bridgehead atoms. The van der Waals surface area contributed by atoms with Crippen LogP contribution in [0.15, 0.2) is 48.5 Å². The van der Waals surface area contributed by atoms with Crippen LogP contribution in [-0.4, -0.2) is 19.7 Å². The zero-order valence-electron chi connectivity index (χ0n) is 14.0. The lowest BCUT2D eigenvalue weighted by Gasteiger charge is -2.05. The molecule has 0 heterocycles. The average Bonchev–Trinajstić information content (AvgIpc) is 2.61. The van der Waals surface area contributed by atoms with Crippen LogP contribution < -0.4 is 10.1 Å². The summed E-state index contributed by atoms with van der Waals surface area (Å²) >= 11 is 0. The fourth-order valence-corrected chi connectivity index (χ4v) is 2.06. The lowest BCUT2D eigenvalue weighted by molar-refractivity contribution is 0.140. The van der Waals surface area contributed by atoms with E-state index in [-0.39, 0.29) is 6.61 Å². The quantitative estimate of drug-likeness (QED) is 0.674. The molecule has 4 heteroatoms. The van der Waals surface area contributed by atoms with Gasteiger partial charge in [0.1, 0.15) is 12.4 Å². The molecule has 0 aliphatic rings. The fourth-order valence-electron chi connectivity index (χ4n) is 2.06. The van der Waals surface area contributed by atoms with E-state index in [9.17, 15) is 4.79 Å². The van der Waals surface area contributed by atoms with Crippen LogP contribution in [0.1, 0.15) is 23.1 Å². The van der Waals surface area contributed by atoms with Crippen LogP contribution in [0.25, 0.3) is 0 Å². The first-order valence-electron chi connectivity index (χ1n) is 7.77. The Morgan fingerprint density at radius 1 is 1.17 bits per heavy atom. The summed E-state index contributed by atoms with van der Waals surface area (Å²) in [5, 5.41) is 2.69. The zero-order chi connectivity index (χ0) is 17.2. The van der Waals surface area contributed by atoms with Gasteiger partial charge in [-0.3, -0.25) is 0 Å². The van der Waals surface area contributed by atoms with E-state index in [1.807, 2.05) is 55.5 Å². The summed E-state index contributed by atoms with van der Waals surface area (Å²) in [5.74, 6) is 6.97. The molecular weight excluding hydrogens is 302 g/mol. The predicted molar refractivity (Wildman–Crippen MR) is 93.9 cm³/mol. The molecular formula is C20H21NO3. The topological polar surface area (TPSA) is 47.6 Å². The predicted octanol–water partition coefficient (Wildman–Crippen LogP) is 3.67. The van der Waals surface area contributed by atoms with Crippen molar-refractivity contribution in [2.45, 2.75) is 20.0 Å². The Labute approximate surface area is 142 Å². The Balaban J connectivity index is 1.70. The maximum absolute atomic E-state index is 11.6. The van der Waals surface area contributed by atoms with Gasteiger partial charge in [0.15, 0.2) is 0 Å². The van der Waals surface area contributed by atoms with Gasteiger partial charge in [-0.25, -0.2) is 4.79 Å². The van der Waals surface area contributed by atoms with Crippen LogP contribution in [0.2, 0.25) is 0 Å². The van der Waals surface area contributed by atoms with Crippen molar-refractivity contribution >= 4 is 6.09 Å². The van der Waals surface area contributed by atoms with E-state index >= 15 is 0 Å². The molecule has 124 valence electrons. The van der Waals surface area contributed by atoms with E-state index in [2.05, 4.69) is 17.2 Å². The summed E-state index contributed by atoms with van der Waals surface area (Å²) in [4.78, 5) is 11.6. The minimum Gasteiger partial charge on any atom is -0.497 e. The smallest absolute Gasteiger partial charge is 0.407 e. The van der Waals surface area contributed by atoms with Gasteiger partial charge in [0.2, 0.25) is 0 Å². The molecule has 0 unspecified atom stereocenters. The zero-order valence-corrected chi connectivity index (χ0v) is 14.0. The van der Waals surface area contributed by atoms with Crippen molar-refractivity contribution in [1.82, 2.24) is 5.32 Å². The molecule has 0 aromatic heterocycles. The second-order valence-electron chi connectivity index (χ2n) is 5.22. The van der Waals surface area contributed by atoms with E-state index < -0.39 is 6.09 Å². The van der Waals surface area contributed by atoms with Crippen LogP contribution in [0.3, 0.4) is 0 Å². The second kappa shape index (κ2) is 9.26. The molecule has 1 amide bonds. The average molecular weight is 323 g/mol. The van der Waals surface area contributed by atoms with Gasteiger partial charge in [0, 0.05) is 18.5 Å². The number of nitrogens with one attached hydrogen (secondary N) is 1. The number of ether oxygens (including phenoxy) is 2. The summed E-state index contributed by atoms with van der Waals surface area (Å²) in [6.07, 6.45) is 0.132. The number of benzene rings is 2. The summed E-state index contributed by atoms with van der Waals surface area (Å²) in [5.41, 5.74) is 2.99. The molecule has 0 fully saturated rings. The highest BCUT2D eigenvalue weighted by atomic mass is 16.5. The lowest BCUT2D eigenvalue weighted by atomic mass is 10.1. The molecule has 4 nitrogen and oxygen atoms in total. The summed E-state index contributed by atoms with van der Waals surface area (Å²) < 4.78 is 10.3. The van der Waals surface area contributed by atoms with Gasteiger partial charge in [-0.05, 0) is 36.2 Å². The van der Waals surface area contributed by atoms with Crippen molar-refractivity contribution < 1.29 is 14.3 Å². The van der Waals surface area contributed by atoms with Crippen molar-refractivity contribution in [3.05, 3.63) is 65.2 Å². The maximum atomic E-state index is 11.6. The maximum Gasteiger partial charge on any atom is 0.407 e. The Hall–Kier alpha value is -2.93. The van der Waals surface area contributed by atoms with E-state index in [0.29, 0.717) is 13.0 Å². The van der Waals surface area contributed by atoms with Gasteiger partial charge in [0.25, 0.3) is 0 Å². The van der Waals surface area contributed by atoms with Crippen LogP contribution in [-0.2, 0) is 11.3 Å². The first kappa shape index (κ1) is 17.4. The number of amides is 1. The summed E-state index contributed by atoms with van der Waals surface area (Å²) in [7, 11) is 1.64. The van der Waals surface area contributed by atoms with E-state index in [4.69, 9.17) is 9.47 Å². The minimum absolute atomic E-state index is 0.267. The largest absolute Gasteiger partial charge is 0.497 e. The number of hydrogen-bond donors (Lipinski definition) is 1. The minimum atomic E-state index is -0.429. The summed E-state index contributed by atoms with van der Waals surface area (Å²) in [6.45, 7) is 2.71. The highest BCUT2D eigenvalue weighted by Crippen LogP contribution is 2.15. The number of alkyl carbamates (subject to hydrolysis) is 1. The number of hydrogen-bond acceptors (Lipinski definition) is 3. The van der Waals surface area contributed by atoms with Crippen molar-refractivity contribution in [3.63, 3.8) is 0 Å². The molecule has 0 saturated heterocycles. The summed E-state index contributed by atoms with van der Waals surface area (Å²) in [6, 6.07) is 15.3. The highest BCUT2D eigenvalue weighted by molar-refractivity contribution is 5.67. The Kier molecular flexibility index (Phi) is 6.73. The number of aryl methyl sites for hydroxylation is 1. The monoisotopic (exact) mass is 323 g/mol. The standard InChI is InChI=1S/C20H21NO3/c1-16-14-19(23-2)12-11-18(16)10-6-7-13-21-20(22)24-15-17-8-4-3-5-9-17/h3-5,8-9,11-12,14H,7,13,15H2,1-2H3,(H,21,22). The third-order valence-corrected chi connectivity index (χ3v) is 3.39. The molecule has 0 spiro atoms. The third-order valence-electron chi connectivity index (χ3n) is 3.39. The van der Waals surface area contributed by atoms with Crippen molar-refractivity contribution in [2.75, 3.05) is 13.7 Å². The number of rotatable bonds is 5. The molecule has 0 atom stereocenters. The Bertz CT molecular complexity index is 730. The molecule has 2 aromatic rings. The normalized spacial score (nSPS) is 9.58. The highest BCUT2D eigenvalue weighted by Gasteiger charge is 2.01. The SMILES string of the molecule is COc1ccc(C#CCCNC(=O)OCc2ccccc2)c(C)c1. The van der Waals surface area contributed by atoms with Gasteiger partial charge < -0.3 is 14.8 Å². The van der Waals surface area contributed by atoms with Gasteiger partial charge in [-0.1, -0.05) is 42.2 Å². The molecule has 0 aliphatic heterocycles. The van der Waals surface area contributed by atoms with Crippen molar-refractivity contribution in [1.29, 1.82) is 0 Å². The van der Waals surface area contributed by atoms with Crippen LogP contribution in [0.4, 0.5) is 4.79 Å². The molecule has 2 aromatic carbocycles. The fraction of sp³-hybridized carbons (Fsp3) is 0.250. The lowest BCUT2D eigenvalue weighted by Crippen LogP contribution is -2.24. The molecule has 1 N–H and O–H groups in total. The number of carbonyl (C=O) groups is 1. The van der Waals surface area contributed by atoms with Crippen LogP contribution >= 0.6 is 0 Å². The number of methoxy groups -OCH3 is 1. The van der Waals surface area contributed by atoms with E-state index in [0.717, 1.165) is 22.4 Å². The van der Waals surface area contributed by atoms with Gasteiger partial charge in [0.05, 0.1) is 7.11 Å². The molecule has 24 heavy (non-hydrogen) atoms. The molecule has 0 radical (unpaired) electrons. The third kappa shape index (κ3) is 5.69. The van der Waals surface area contributed by atoms with Gasteiger partial charge in [-0.15, -0.1) is 0 Å². The first-order valence-corrected chi connectivity index (χ1v) is 7.77. The van der Waals surface area contributed by atoms with Crippen molar-refractivity contribution in [3.8, 4) is 17.6 Å². The first-order chi connectivity index (χ1) is 11.7. The van der Waals surface area contributed by atoms with Gasteiger partial charge >= 0.3 is 6.09 Å². The molecule has 2 rings (SSSR count). The van der Waals surface area contributed by atoms with Crippen LogP contribution in [0.5, 0.6) is 5.75 Å². The second-order valence-corrected chi connectivity index (χ2v) is 5.22. The van der Waals surface area contributed by atoms with Crippen LogP contribution in [0, 0.1) is 18.8 Å². The van der Waals surface area contributed by atoms with E-state index in [1.165, 1.54) is 0 Å².